The smallest absolute Gasteiger partial charge is 0.417 e. The molecule has 1 aromatic carbocycles. The predicted octanol–water partition coefficient (Wildman–Crippen LogP) is 1.35. The maximum absolute atomic E-state index is 12.4. The summed E-state index contributed by atoms with van der Waals surface area (Å²) in [6, 6.07) is 7.63. The summed E-state index contributed by atoms with van der Waals surface area (Å²) in [5, 5.41) is 0.473. The van der Waals surface area contributed by atoms with Gasteiger partial charge in [0, 0.05) is 25.6 Å². The molecule has 2 saturated heterocycles. The molecule has 0 N–H and O–H groups in total. The van der Waals surface area contributed by atoms with Gasteiger partial charge in [-0.25, -0.2) is 14.7 Å². The molecule has 0 unspecified atom stereocenters. The van der Waals surface area contributed by atoms with Crippen LogP contribution in [0.15, 0.2) is 24.3 Å². The van der Waals surface area contributed by atoms with Crippen molar-refractivity contribution in [1.29, 1.82) is 0 Å². The van der Waals surface area contributed by atoms with Crippen LogP contribution in [0.1, 0.15) is 9.80 Å². The standard InChI is InChI=1S/C15H13N3O4S/c19-12-8-22-15(21)18(12)7-9-5-17(6-9)14(20)13-16-10-3-1-2-4-11(10)23-13/h1-4,9H,5-8H2. The zero-order valence-electron chi connectivity index (χ0n) is 12.1. The molecule has 3 amide bonds. The molecule has 0 spiro atoms. The Morgan fingerprint density at radius 2 is 2.09 bits per heavy atom. The first-order chi connectivity index (χ1) is 11.1. The lowest BCUT2D eigenvalue weighted by Gasteiger charge is -2.39. The molecule has 0 atom stereocenters. The average Bonchev–Trinajstić information content (AvgIpc) is 3.07. The molecule has 2 fully saturated rings. The van der Waals surface area contributed by atoms with Crippen LogP contribution < -0.4 is 0 Å². The van der Waals surface area contributed by atoms with Crippen LogP contribution >= 0.6 is 11.3 Å². The van der Waals surface area contributed by atoms with E-state index < -0.39 is 6.09 Å². The van der Waals surface area contributed by atoms with Crippen molar-refractivity contribution in [2.75, 3.05) is 26.2 Å². The van der Waals surface area contributed by atoms with Gasteiger partial charge in [0.2, 0.25) is 0 Å². The number of thiazole rings is 1. The third-order valence-corrected chi connectivity index (χ3v) is 5.03. The van der Waals surface area contributed by atoms with Crippen LogP contribution in [0.5, 0.6) is 0 Å². The number of amides is 3. The van der Waals surface area contributed by atoms with Gasteiger partial charge in [-0.1, -0.05) is 12.1 Å². The van der Waals surface area contributed by atoms with Crippen LogP contribution in [0.25, 0.3) is 10.2 Å². The summed E-state index contributed by atoms with van der Waals surface area (Å²) in [7, 11) is 0. The van der Waals surface area contributed by atoms with Crippen molar-refractivity contribution in [2.24, 2.45) is 5.92 Å². The number of cyclic esters (lactones) is 1. The van der Waals surface area contributed by atoms with E-state index in [0.717, 1.165) is 15.1 Å². The fourth-order valence-corrected chi connectivity index (χ4v) is 3.70. The largest absolute Gasteiger partial charge is 0.439 e. The molecule has 7 nitrogen and oxygen atoms in total. The van der Waals surface area contributed by atoms with Gasteiger partial charge in [-0.05, 0) is 12.1 Å². The van der Waals surface area contributed by atoms with E-state index in [1.165, 1.54) is 11.3 Å². The quantitative estimate of drug-likeness (QED) is 0.848. The summed E-state index contributed by atoms with van der Waals surface area (Å²) in [6.07, 6.45) is -0.592. The zero-order chi connectivity index (χ0) is 16.0. The number of likely N-dealkylation sites (tertiary alicyclic amines) is 1. The SMILES string of the molecule is O=C(c1nc2ccccc2s1)N1CC(CN2C(=O)COC2=O)C1. The lowest BCUT2D eigenvalue weighted by molar-refractivity contribution is -0.126. The molecular formula is C15H13N3O4S. The molecule has 0 bridgehead atoms. The maximum atomic E-state index is 12.4. The fraction of sp³-hybridized carbons (Fsp3) is 0.333. The van der Waals surface area contributed by atoms with Crippen molar-refractivity contribution in [3.05, 3.63) is 29.3 Å². The second kappa shape index (κ2) is 5.31. The second-order valence-electron chi connectivity index (χ2n) is 5.62. The molecule has 2 aromatic rings. The number of carbonyl (C=O) groups excluding carboxylic acids is 3. The number of hydrogen-bond donors (Lipinski definition) is 0. The number of rotatable bonds is 3. The molecule has 23 heavy (non-hydrogen) atoms. The summed E-state index contributed by atoms with van der Waals surface area (Å²) < 4.78 is 5.66. The lowest BCUT2D eigenvalue weighted by atomic mass is 9.99. The zero-order valence-corrected chi connectivity index (χ0v) is 12.9. The van der Waals surface area contributed by atoms with E-state index in [4.69, 9.17) is 0 Å². The van der Waals surface area contributed by atoms with E-state index in [2.05, 4.69) is 9.72 Å². The minimum absolute atomic E-state index is 0.0993. The van der Waals surface area contributed by atoms with E-state index >= 15 is 0 Å². The van der Waals surface area contributed by atoms with Crippen LogP contribution in [0, 0.1) is 5.92 Å². The highest BCUT2D eigenvalue weighted by Gasteiger charge is 2.39. The van der Waals surface area contributed by atoms with Gasteiger partial charge < -0.3 is 9.64 Å². The fourth-order valence-electron chi connectivity index (χ4n) is 2.77. The number of fused-ring (bicyclic) bond motifs is 1. The molecule has 0 aliphatic carbocycles. The first-order valence-corrected chi connectivity index (χ1v) is 8.05. The maximum Gasteiger partial charge on any atom is 0.417 e. The first-order valence-electron chi connectivity index (χ1n) is 7.24. The number of para-hydroxylation sites is 1. The Morgan fingerprint density at radius 3 is 2.78 bits per heavy atom. The Morgan fingerprint density at radius 1 is 1.30 bits per heavy atom. The number of hydrogen-bond acceptors (Lipinski definition) is 6. The number of nitrogens with zero attached hydrogens (tertiary/aromatic N) is 3. The highest BCUT2D eigenvalue weighted by atomic mass is 32.1. The van der Waals surface area contributed by atoms with Crippen molar-refractivity contribution in [2.45, 2.75) is 0 Å². The van der Waals surface area contributed by atoms with Crippen molar-refractivity contribution < 1.29 is 19.1 Å². The Hall–Kier alpha value is -2.48. The Kier molecular flexibility index (Phi) is 3.26. The van der Waals surface area contributed by atoms with Gasteiger partial charge in [0.05, 0.1) is 10.2 Å². The molecule has 4 rings (SSSR count). The molecule has 3 heterocycles. The first kappa shape index (κ1) is 14.1. The Bertz CT molecular complexity index is 763. The summed E-state index contributed by atoms with van der Waals surface area (Å²) >= 11 is 1.38. The van der Waals surface area contributed by atoms with E-state index in [1.807, 2.05) is 24.3 Å². The van der Waals surface area contributed by atoms with Gasteiger partial charge in [0.1, 0.15) is 0 Å². The van der Waals surface area contributed by atoms with E-state index in [-0.39, 0.29) is 24.3 Å². The van der Waals surface area contributed by atoms with Gasteiger partial charge in [0.25, 0.3) is 11.8 Å². The van der Waals surface area contributed by atoms with Crippen LogP contribution in [0.4, 0.5) is 4.79 Å². The van der Waals surface area contributed by atoms with E-state index in [1.54, 1.807) is 4.90 Å². The summed E-state index contributed by atoms with van der Waals surface area (Å²) in [4.78, 5) is 42.4. The van der Waals surface area contributed by atoms with Crippen molar-refractivity contribution >= 4 is 39.5 Å². The highest BCUT2D eigenvalue weighted by molar-refractivity contribution is 7.20. The molecule has 2 aliphatic heterocycles. The third kappa shape index (κ3) is 2.44. The molecule has 2 aliphatic rings. The van der Waals surface area contributed by atoms with Crippen LogP contribution in [0.2, 0.25) is 0 Å². The average molecular weight is 331 g/mol. The summed E-state index contributed by atoms with van der Waals surface area (Å²) in [5.74, 6) is -0.313. The van der Waals surface area contributed by atoms with Crippen molar-refractivity contribution in [1.82, 2.24) is 14.8 Å². The molecule has 0 saturated carbocycles. The van der Waals surface area contributed by atoms with Gasteiger partial charge in [0.15, 0.2) is 11.6 Å². The number of imide groups is 1. The Balaban J connectivity index is 1.38. The molecule has 8 heteroatoms. The summed E-state index contributed by atoms with van der Waals surface area (Å²) in [5.41, 5.74) is 0.823. The van der Waals surface area contributed by atoms with Crippen LogP contribution in [-0.2, 0) is 9.53 Å². The van der Waals surface area contributed by atoms with Gasteiger partial charge in [-0.2, -0.15) is 0 Å². The van der Waals surface area contributed by atoms with E-state index in [0.29, 0.717) is 24.6 Å². The lowest BCUT2D eigenvalue weighted by Crippen LogP contribution is -2.54. The molecule has 118 valence electrons. The minimum Gasteiger partial charge on any atom is -0.439 e. The van der Waals surface area contributed by atoms with Crippen molar-refractivity contribution in [3.63, 3.8) is 0 Å². The van der Waals surface area contributed by atoms with Gasteiger partial charge >= 0.3 is 6.09 Å². The van der Waals surface area contributed by atoms with Gasteiger partial charge in [-0.3, -0.25) is 9.59 Å². The molecule has 0 radical (unpaired) electrons. The van der Waals surface area contributed by atoms with Crippen LogP contribution in [0.3, 0.4) is 0 Å². The monoisotopic (exact) mass is 331 g/mol. The van der Waals surface area contributed by atoms with Crippen molar-refractivity contribution in [3.8, 4) is 0 Å². The third-order valence-electron chi connectivity index (χ3n) is 4.00. The van der Waals surface area contributed by atoms with E-state index in [9.17, 15) is 14.4 Å². The number of aromatic nitrogens is 1. The number of carbonyl (C=O) groups is 3. The number of benzene rings is 1. The molecule has 1 aromatic heterocycles. The van der Waals surface area contributed by atoms with Gasteiger partial charge in [-0.15, -0.1) is 11.3 Å². The Labute approximate surface area is 135 Å². The molecular weight excluding hydrogens is 318 g/mol. The highest BCUT2D eigenvalue weighted by Crippen LogP contribution is 2.26. The summed E-state index contributed by atoms with van der Waals surface area (Å²) in [6.45, 7) is 1.17. The normalized spacial score (nSPS) is 18.4. The van der Waals surface area contributed by atoms with Crippen LogP contribution in [-0.4, -0.2) is 58.9 Å². The topological polar surface area (TPSA) is 79.8 Å². The predicted molar refractivity (Wildman–Crippen MR) is 82.1 cm³/mol. The minimum atomic E-state index is -0.592. The second-order valence-corrected chi connectivity index (χ2v) is 6.65. The number of ether oxygens (including phenoxy) is 1.